The number of rotatable bonds is 3. The average Bonchev–Trinajstić information content (AvgIpc) is 3.06. The first-order valence-electron chi connectivity index (χ1n) is 8.07. The number of likely N-dealkylation sites (tertiary alicyclic amines) is 1. The molecule has 1 saturated heterocycles. The van der Waals surface area contributed by atoms with Crippen molar-refractivity contribution in [2.24, 2.45) is 0 Å². The topological polar surface area (TPSA) is 71.3 Å². The minimum absolute atomic E-state index is 0.0527. The fourth-order valence-electron chi connectivity index (χ4n) is 2.70. The first-order valence-corrected chi connectivity index (χ1v) is 8.07. The van der Waals surface area contributed by atoms with Crippen molar-refractivity contribution in [1.82, 2.24) is 15.1 Å². The van der Waals surface area contributed by atoms with Crippen molar-refractivity contribution >= 4 is 11.7 Å². The van der Waals surface area contributed by atoms with Crippen molar-refractivity contribution in [3.05, 3.63) is 42.1 Å². The molecule has 0 radical (unpaired) electrons. The van der Waals surface area contributed by atoms with E-state index < -0.39 is 0 Å². The monoisotopic (exact) mass is 314 g/mol. The van der Waals surface area contributed by atoms with E-state index in [2.05, 4.69) is 15.5 Å². The Kier molecular flexibility index (Phi) is 4.60. The molecular weight excluding hydrogens is 292 g/mol. The van der Waals surface area contributed by atoms with E-state index >= 15 is 0 Å². The first kappa shape index (κ1) is 15.5. The van der Waals surface area contributed by atoms with Gasteiger partial charge < -0.3 is 14.6 Å². The number of hydrogen-bond acceptors (Lipinski definition) is 4. The summed E-state index contributed by atoms with van der Waals surface area (Å²) < 4.78 is 5.73. The number of hydrogen-bond donors (Lipinski definition) is 1. The quantitative estimate of drug-likeness (QED) is 0.939. The lowest BCUT2D eigenvalue weighted by Gasteiger charge is -2.30. The third-order valence-electron chi connectivity index (χ3n) is 4.11. The summed E-state index contributed by atoms with van der Waals surface area (Å²) in [4.78, 5) is 14.1. The number of anilines is 1. The number of nitrogens with one attached hydrogen (secondary N) is 1. The Balaban J connectivity index is 1.54. The third-order valence-corrected chi connectivity index (χ3v) is 4.11. The van der Waals surface area contributed by atoms with Gasteiger partial charge in [-0.3, -0.25) is 0 Å². The molecule has 3 rings (SSSR count). The molecule has 1 aliphatic rings. The second-order valence-corrected chi connectivity index (χ2v) is 6.19. The summed E-state index contributed by atoms with van der Waals surface area (Å²) in [5, 5.41) is 11.2. The van der Waals surface area contributed by atoms with Gasteiger partial charge in [-0.1, -0.05) is 32.0 Å². The van der Waals surface area contributed by atoms with Gasteiger partial charge in [-0.2, -0.15) is 0 Å². The van der Waals surface area contributed by atoms with Crippen molar-refractivity contribution in [2.45, 2.75) is 38.5 Å². The molecule has 0 spiro atoms. The number of piperidine rings is 1. The van der Waals surface area contributed by atoms with Gasteiger partial charge in [0.15, 0.2) is 0 Å². The predicted molar refractivity (Wildman–Crippen MR) is 87.4 cm³/mol. The Morgan fingerprint density at radius 2 is 1.91 bits per heavy atom. The minimum atomic E-state index is -0.0527. The van der Waals surface area contributed by atoms with Crippen molar-refractivity contribution in [3.8, 4) is 0 Å². The molecular formula is C17H22N4O2. The maximum absolute atomic E-state index is 12.3. The first-order chi connectivity index (χ1) is 11.1. The molecule has 0 bridgehead atoms. The number of aromatic nitrogens is 2. The van der Waals surface area contributed by atoms with Gasteiger partial charge in [-0.15, -0.1) is 10.2 Å². The normalized spacial score (nSPS) is 15.9. The molecule has 122 valence electrons. The molecule has 1 fully saturated rings. The van der Waals surface area contributed by atoms with Crippen LogP contribution in [0.1, 0.15) is 50.3 Å². The van der Waals surface area contributed by atoms with E-state index in [4.69, 9.17) is 4.42 Å². The van der Waals surface area contributed by atoms with E-state index in [1.807, 2.05) is 49.1 Å². The van der Waals surface area contributed by atoms with Crippen LogP contribution in [-0.4, -0.2) is 34.2 Å². The Hall–Kier alpha value is -2.37. The second kappa shape index (κ2) is 6.81. The van der Waals surface area contributed by atoms with Crippen molar-refractivity contribution in [1.29, 1.82) is 0 Å². The van der Waals surface area contributed by atoms with Gasteiger partial charge in [-0.05, 0) is 25.0 Å². The van der Waals surface area contributed by atoms with Crippen LogP contribution < -0.4 is 5.32 Å². The van der Waals surface area contributed by atoms with Crippen LogP contribution in [0, 0.1) is 0 Å². The number of carbonyl (C=O) groups excluding carboxylic acids is 1. The third kappa shape index (κ3) is 3.70. The fourth-order valence-corrected chi connectivity index (χ4v) is 2.70. The van der Waals surface area contributed by atoms with Crippen LogP contribution in [0.15, 0.2) is 34.7 Å². The van der Waals surface area contributed by atoms with Crippen LogP contribution in [0.2, 0.25) is 0 Å². The van der Waals surface area contributed by atoms with E-state index in [1.54, 1.807) is 0 Å². The second-order valence-electron chi connectivity index (χ2n) is 6.19. The minimum Gasteiger partial charge on any atom is -0.425 e. The van der Waals surface area contributed by atoms with E-state index in [9.17, 15) is 4.79 Å². The van der Waals surface area contributed by atoms with Crippen LogP contribution in [-0.2, 0) is 0 Å². The van der Waals surface area contributed by atoms with E-state index in [0.29, 0.717) is 24.9 Å². The average molecular weight is 314 g/mol. The Labute approximate surface area is 135 Å². The smallest absolute Gasteiger partial charge is 0.321 e. The molecule has 0 unspecified atom stereocenters. The molecule has 2 heterocycles. The standard InChI is InChI=1S/C17H22N4O2/c1-12(2)15-19-20-16(23-15)13-8-10-21(11-9-13)17(22)18-14-6-4-3-5-7-14/h3-7,12-13H,8-11H2,1-2H3,(H,18,22). The van der Waals surface area contributed by atoms with Crippen LogP contribution >= 0.6 is 0 Å². The highest BCUT2D eigenvalue weighted by Gasteiger charge is 2.27. The van der Waals surface area contributed by atoms with Crippen molar-refractivity contribution < 1.29 is 9.21 Å². The van der Waals surface area contributed by atoms with Gasteiger partial charge in [0.1, 0.15) is 0 Å². The lowest BCUT2D eigenvalue weighted by atomic mass is 9.97. The molecule has 6 nitrogen and oxygen atoms in total. The van der Waals surface area contributed by atoms with Crippen molar-refractivity contribution in [2.75, 3.05) is 18.4 Å². The van der Waals surface area contributed by atoms with Crippen molar-refractivity contribution in [3.63, 3.8) is 0 Å². The largest absolute Gasteiger partial charge is 0.425 e. The number of para-hydroxylation sites is 1. The molecule has 1 aromatic heterocycles. The number of urea groups is 1. The van der Waals surface area contributed by atoms with Crippen LogP contribution in [0.25, 0.3) is 0 Å². The Morgan fingerprint density at radius 1 is 1.22 bits per heavy atom. The molecule has 0 aliphatic carbocycles. The summed E-state index contributed by atoms with van der Waals surface area (Å²) in [5.41, 5.74) is 0.818. The van der Waals surface area contributed by atoms with Gasteiger partial charge in [-0.25, -0.2) is 4.79 Å². The number of carbonyl (C=O) groups is 1. The molecule has 0 saturated carbocycles. The summed E-state index contributed by atoms with van der Waals surface area (Å²) in [6.45, 7) is 5.47. The lowest BCUT2D eigenvalue weighted by Crippen LogP contribution is -2.40. The fraction of sp³-hybridized carbons (Fsp3) is 0.471. The summed E-state index contributed by atoms with van der Waals surface area (Å²) in [6, 6.07) is 9.46. The molecule has 2 aromatic rings. The maximum atomic E-state index is 12.3. The number of nitrogens with zero attached hydrogens (tertiary/aromatic N) is 3. The number of amides is 2. The predicted octanol–water partition coefficient (Wildman–Crippen LogP) is 3.60. The summed E-state index contributed by atoms with van der Waals surface area (Å²) in [7, 11) is 0. The summed E-state index contributed by atoms with van der Waals surface area (Å²) in [6.07, 6.45) is 1.70. The zero-order chi connectivity index (χ0) is 16.2. The van der Waals surface area contributed by atoms with Crippen LogP contribution in [0.4, 0.5) is 10.5 Å². The zero-order valence-corrected chi connectivity index (χ0v) is 13.5. The van der Waals surface area contributed by atoms with Gasteiger partial charge in [0.25, 0.3) is 0 Å². The maximum Gasteiger partial charge on any atom is 0.321 e. The highest BCUT2D eigenvalue weighted by molar-refractivity contribution is 5.89. The summed E-state index contributed by atoms with van der Waals surface area (Å²) in [5.74, 6) is 1.88. The lowest BCUT2D eigenvalue weighted by molar-refractivity contribution is 0.189. The highest BCUT2D eigenvalue weighted by Crippen LogP contribution is 2.28. The van der Waals surface area contributed by atoms with Gasteiger partial charge in [0.2, 0.25) is 11.8 Å². The van der Waals surface area contributed by atoms with Crippen LogP contribution in [0.3, 0.4) is 0 Å². The molecule has 6 heteroatoms. The van der Waals surface area contributed by atoms with Crippen LogP contribution in [0.5, 0.6) is 0 Å². The SMILES string of the molecule is CC(C)c1nnc(C2CCN(C(=O)Nc3ccccc3)CC2)o1. The highest BCUT2D eigenvalue weighted by atomic mass is 16.4. The molecule has 1 aliphatic heterocycles. The molecule has 0 atom stereocenters. The molecule has 1 N–H and O–H groups in total. The Bertz CT molecular complexity index is 646. The summed E-state index contributed by atoms with van der Waals surface area (Å²) >= 11 is 0. The van der Waals surface area contributed by atoms with Gasteiger partial charge in [0.05, 0.1) is 0 Å². The van der Waals surface area contributed by atoms with Gasteiger partial charge in [0, 0.05) is 30.6 Å². The zero-order valence-electron chi connectivity index (χ0n) is 13.5. The Morgan fingerprint density at radius 3 is 2.52 bits per heavy atom. The van der Waals surface area contributed by atoms with E-state index in [-0.39, 0.29) is 17.9 Å². The van der Waals surface area contributed by atoms with Gasteiger partial charge >= 0.3 is 6.03 Å². The number of benzene rings is 1. The molecule has 2 amide bonds. The molecule has 23 heavy (non-hydrogen) atoms. The molecule has 1 aromatic carbocycles. The van der Waals surface area contributed by atoms with E-state index in [0.717, 1.165) is 18.5 Å². The van der Waals surface area contributed by atoms with E-state index in [1.165, 1.54) is 0 Å².